The van der Waals surface area contributed by atoms with Gasteiger partial charge in [0.15, 0.2) is 27.8 Å². The van der Waals surface area contributed by atoms with Crippen LogP contribution in [0.3, 0.4) is 0 Å². The van der Waals surface area contributed by atoms with Gasteiger partial charge >= 0.3 is 11.9 Å². The Labute approximate surface area is 257 Å². The molecule has 0 saturated carbocycles. The fraction of sp³-hybridized carbons (Fsp3) is 0.212. The average molecular weight is 615 g/mol. The molecule has 2 heterocycles. The number of fused-ring (bicyclic) bond motifs is 1. The molecule has 0 fully saturated rings. The maximum atomic E-state index is 14.0. The maximum absolute atomic E-state index is 14.0. The average Bonchev–Trinajstić information content (AvgIpc) is 3.33. The van der Waals surface area contributed by atoms with E-state index in [-0.39, 0.29) is 22.6 Å². The molecule has 44 heavy (non-hydrogen) atoms. The number of carbonyl (C=O) groups excluding carboxylic acids is 2. The lowest BCUT2D eigenvalue weighted by Crippen LogP contribution is -2.39. The van der Waals surface area contributed by atoms with Crippen LogP contribution >= 0.6 is 11.3 Å². The number of carbonyl (C=O) groups is 2. The first kappa shape index (κ1) is 30.3. The molecule has 3 aromatic carbocycles. The number of ether oxygens (including phenoxy) is 5. The largest absolute Gasteiger partial charge is 0.493 e. The molecule has 11 heteroatoms. The third-order valence-corrected chi connectivity index (χ3v) is 7.89. The molecule has 1 aliphatic rings. The molecule has 1 aliphatic heterocycles. The van der Waals surface area contributed by atoms with Crippen LogP contribution in [-0.4, -0.2) is 37.8 Å². The van der Waals surface area contributed by atoms with Crippen LogP contribution in [0.15, 0.2) is 87.8 Å². The molecule has 1 aromatic heterocycles. The topological polar surface area (TPSA) is 115 Å². The minimum Gasteiger partial charge on any atom is -0.493 e. The van der Waals surface area contributed by atoms with E-state index < -0.39 is 18.0 Å². The van der Waals surface area contributed by atoms with Gasteiger partial charge in [0.25, 0.3) is 5.56 Å². The first-order valence-electron chi connectivity index (χ1n) is 13.6. The molecule has 1 unspecified atom stereocenters. The van der Waals surface area contributed by atoms with Crippen molar-refractivity contribution in [3.05, 3.63) is 114 Å². The maximum Gasteiger partial charge on any atom is 0.338 e. The van der Waals surface area contributed by atoms with E-state index in [0.717, 1.165) is 5.56 Å². The van der Waals surface area contributed by atoms with Gasteiger partial charge in [0.1, 0.15) is 6.61 Å². The van der Waals surface area contributed by atoms with E-state index in [2.05, 4.69) is 4.99 Å². The molecule has 0 radical (unpaired) electrons. The summed E-state index contributed by atoms with van der Waals surface area (Å²) >= 11 is 1.20. The number of hydrogen-bond acceptors (Lipinski definition) is 10. The number of allylic oxidation sites excluding steroid dienone is 1. The second-order valence-electron chi connectivity index (χ2n) is 9.76. The molecule has 0 aliphatic carbocycles. The van der Waals surface area contributed by atoms with Crippen LogP contribution in [0, 0.1) is 0 Å². The number of benzene rings is 3. The van der Waals surface area contributed by atoms with Gasteiger partial charge in [-0.2, -0.15) is 0 Å². The third-order valence-electron chi connectivity index (χ3n) is 6.91. The van der Waals surface area contributed by atoms with Crippen molar-refractivity contribution in [1.29, 1.82) is 0 Å². The Bertz CT molecular complexity index is 1940. The smallest absolute Gasteiger partial charge is 0.338 e. The molecule has 10 nitrogen and oxygen atoms in total. The van der Waals surface area contributed by atoms with Gasteiger partial charge in [0.2, 0.25) is 0 Å². The summed E-state index contributed by atoms with van der Waals surface area (Å²) < 4.78 is 29.2. The molecular formula is C33H30N2O8S. The normalized spacial score (nSPS) is 14.4. The lowest BCUT2D eigenvalue weighted by atomic mass is 9.95. The van der Waals surface area contributed by atoms with Gasteiger partial charge < -0.3 is 23.7 Å². The Kier molecular flexibility index (Phi) is 8.96. The summed E-state index contributed by atoms with van der Waals surface area (Å²) in [6, 6.07) is 19.2. The number of hydrogen-bond donors (Lipinski definition) is 0. The van der Waals surface area contributed by atoms with Crippen molar-refractivity contribution in [2.24, 2.45) is 4.99 Å². The first-order valence-corrected chi connectivity index (χ1v) is 14.4. The van der Waals surface area contributed by atoms with Crippen LogP contribution in [-0.2, 0) is 20.9 Å². The summed E-state index contributed by atoms with van der Waals surface area (Å²) in [5, 5.41) is 0. The number of methoxy groups -OCH3 is 3. The second kappa shape index (κ2) is 13.0. The van der Waals surface area contributed by atoms with Gasteiger partial charge in [-0.25, -0.2) is 9.79 Å². The lowest BCUT2D eigenvalue weighted by Gasteiger charge is -2.25. The summed E-state index contributed by atoms with van der Waals surface area (Å²) in [5.74, 6) is 0.428. The summed E-state index contributed by atoms with van der Waals surface area (Å²) in [5.41, 5.74) is 2.55. The van der Waals surface area contributed by atoms with Crippen molar-refractivity contribution in [2.75, 3.05) is 21.3 Å². The van der Waals surface area contributed by atoms with Crippen LogP contribution in [0.2, 0.25) is 0 Å². The van der Waals surface area contributed by atoms with E-state index >= 15 is 0 Å². The van der Waals surface area contributed by atoms with Crippen molar-refractivity contribution >= 4 is 29.4 Å². The molecule has 0 N–H and O–H groups in total. The monoisotopic (exact) mass is 614 g/mol. The van der Waals surface area contributed by atoms with Crippen molar-refractivity contribution in [1.82, 2.24) is 4.57 Å². The van der Waals surface area contributed by atoms with Gasteiger partial charge in [-0.3, -0.25) is 14.2 Å². The predicted molar refractivity (Wildman–Crippen MR) is 164 cm³/mol. The summed E-state index contributed by atoms with van der Waals surface area (Å²) in [6.07, 6.45) is 1.74. The Morgan fingerprint density at radius 3 is 2.32 bits per heavy atom. The first-order chi connectivity index (χ1) is 21.2. The lowest BCUT2D eigenvalue weighted by molar-refractivity contribution is -0.136. The van der Waals surface area contributed by atoms with Crippen molar-refractivity contribution in [3.63, 3.8) is 0 Å². The van der Waals surface area contributed by atoms with Gasteiger partial charge in [0, 0.05) is 6.92 Å². The highest BCUT2D eigenvalue weighted by molar-refractivity contribution is 7.07. The molecule has 0 spiro atoms. The Morgan fingerprint density at radius 1 is 0.932 bits per heavy atom. The van der Waals surface area contributed by atoms with Crippen LogP contribution in [0.1, 0.15) is 36.6 Å². The predicted octanol–water partition coefficient (Wildman–Crippen LogP) is 3.93. The zero-order valence-electron chi connectivity index (χ0n) is 24.8. The van der Waals surface area contributed by atoms with Crippen LogP contribution in [0.4, 0.5) is 0 Å². The number of aromatic nitrogens is 1. The molecule has 0 bridgehead atoms. The van der Waals surface area contributed by atoms with E-state index in [1.54, 1.807) is 50.4 Å². The fourth-order valence-electron chi connectivity index (χ4n) is 4.88. The number of thiazole rings is 1. The standard InChI is InChI=1S/C33H30N2O8S/c1-19-29(32(38)41-5)30(23-12-14-25(43-20(2)36)27(17-23)40-4)35-31(37)28(44-33(35)34-19)16-22-11-13-24(26(15-22)39-3)42-18-21-9-7-6-8-10-21/h6-17,30H,18H2,1-5H3/b28-16+. The molecule has 0 saturated heterocycles. The SMILES string of the molecule is COC(=O)C1=C(C)N=c2s/c(=C/c3ccc(OCc4ccccc4)c(OC)c3)c(=O)n2C1c1ccc(OC(C)=O)c(OC)c1. The minimum atomic E-state index is -0.871. The summed E-state index contributed by atoms with van der Waals surface area (Å²) in [6.45, 7) is 3.36. The summed E-state index contributed by atoms with van der Waals surface area (Å²) in [4.78, 5) is 43.6. The quantitative estimate of drug-likeness (QED) is 0.206. The van der Waals surface area contributed by atoms with Crippen LogP contribution in [0.5, 0.6) is 23.0 Å². The van der Waals surface area contributed by atoms with E-state index in [1.807, 2.05) is 36.4 Å². The zero-order valence-corrected chi connectivity index (χ0v) is 25.6. The molecule has 1 atom stereocenters. The fourth-order valence-corrected chi connectivity index (χ4v) is 5.93. The highest BCUT2D eigenvalue weighted by Crippen LogP contribution is 2.36. The number of esters is 2. The van der Waals surface area contributed by atoms with E-state index in [4.69, 9.17) is 23.7 Å². The Balaban J connectivity index is 1.58. The molecule has 0 amide bonds. The molecular weight excluding hydrogens is 584 g/mol. The van der Waals surface area contributed by atoms with Crippen LogP contribution < -0.4 is 33.8 Å². The zero-order chi connectivity index (χ0) is 31.4. The van der Waals surface area contributed by atoms with Crippen LogP contribution in [0.25, 0.3) is 6.08 Å². The second-order valence-corrected chi connectivity index (χ2v) is 10.8. The van der Waals surface area contributed by atoms with Gasteiger partial charge in [-0.15, -0.1) is 0 Å². The van der Waals surface area contributed by atoms with E-state index in [1.165, 1.54) is 37.0 Å². The number of rotatable bonds is 9. The van der Waals surface area contributed by atoms with Crippen molar-refractivity contribution in [2.45, 2.75) is 26.5 Å². The highest BCUT2D eigenvalue weighted by atomic mass is 32.1. The minimum absolute atomic E-state index is 0.204. The van der Waals surface area contributed by atoms with Gasteiger partial charge in [-0.1, -0.05) is 53.8 Å². The van der Waals surface area contributed by atoms with Gasteiger partial charge in [0.05, 0.1) is 43.2 Å². The van der Waals surface area contributed by atoms with E-state index in [9.17, 15) is 14.4 Å². The summed E-state index contributed by atoms with van der Waals surface area (Å²) in [7, 11) is 4.27. The van der Waals surface area contributed by atoms with Gasteiger partial charge in [-0.05, 0) is 54.0 Å². The number of nitrogens with zero attached hydrogens (tertiary/aromatic N) is 2. The Morgan fingerprint density at radius 2 is 1.64 bits per heavy atom. The van der Waals surface area contributed by atoms with E-state index in [0.29, 0.717) is 44.3 Å². The molecule has 4 aromatic rings. The Hall–Kier alpha value is -5.16. The third kappa shape index (κ3) is 6.13. The van der Waals surface area contributed by atoms with Crippen molar-refractivity contribution < 1.29 is 33.3 Å². The molecule has 226 valence electrons. The van der Waals surface area contributed by atoms with Crippen molar-refractivity contribution in [3.8, 4) is 23.0 Å². The molecule has 5 rings (SSSR count). The highest BCUT2D eigenvalue weighted by Gasteiger charge is 2.33.